The summed E-state index contributed by atoms with van der Waals surface area (Å²) in [5, 5.41) is 3.26. The Bertz CT molecular complexity index is 414. The Balaban J connectivity index is 0.00000200. The van der Waals surface area contributed by atoms with Crippen LogP contribution in [0.3, 0.4) is 0 Å². The molecule has 0 saturated carbocycles. The van der Waals surface area contributed by atoms with Gasteiger partial charge in [-0.25, -0.2) is 4.39 Å². The molecular formula is C14H21ClF2N2O. The maximum absolute atomic E-state index is 13.8. The third-order valence-corrected chi connectivity index (χ3v) is 3.54. The molecule has 3 nitrogen and oxygen atoms in total. The lowest BCUT2D eigenvalue weighted by Crippen LogP contribution is -2.45. The lowest BCUT2D eigenvalue weighted by Gasteiger charge is -2.35. The third-order valence-electron chi connectivity index (χ3n) is 3.54. The molecule has 1 saturated heterocycles. The van der Waals surface area contributed by atoms with Gasteiger partial charge in [-0.2, -0.15) is 0 Å². The van der Waals surface area contributed by atoms with E-state index in [0.29, 0.717) is 6.42 Å². The number of methoxy groups -OCH3 is 1. The van der Waals surface area contributed by atoms with Crippen LogP contribution in [0.25, 0.3) is 0 Å². The Morgan fingerprint density at radius 1 is 1.35 bits per heavy atom. The van der Waals surface area contributed by atoms with E-state index in [1.807, 2.05) is 6.07 Å². The van der Waals surface area contributed by atoms with Crippen molar-refractivity contribution in [1.82, 2.24) is 10.2 Å². The Kier molecular flexibility index (Phi) is 7.19. The van der Waals surface area contributed by atoms with Gasteiger partial charge in [-0.15, -0.1) is 12.4 Å². The smallest absolute Gasteiger partial charge is 0.165 e. The van der Waals surface area contributed by atoms with Crippen molar-refractivity contribution in [2.45, 2.75) is 12.5 Å². The number of nitrogens with one attached hydrogen (secondary N) is 1. The summed E-state index contributed by atoms with van der Waals surface area (Å²) in [4.78, 5) is 2.21. The number of benzene rings is 1. The number of alkyl halides is 1. The van der Waals surface area contributed by atoms with Gasteiger partial charge < -0.3 is 10.1 Å². The molecule has 1 aromatic carbocycles. The molecule has 20 heavy (non-hydrogen) atoms. The van der Waals surface area contributed by atoms with Gasteiger partial charge in [-0.1, -0.05) is 6.07 Å². The summed E-state index contributed by atoms with van der Waals surface area (Å²) < 4.78 is 31.5. The molecule has 2 rings (SSSR count). The Labute approximate surface area is 124 Å². The van der Waals surface area contributed by atoms with E-state index in [9.17, 15) is 8.78 Å². The first-order valence-corrected chi connectivity index (χ1v) is 6.60. The van der Waals surface area contributed by atoms with Crippen molar-refractivity contribution >= 4 is 12.4 Å². The van der Waals surface area contributed by atoms with Gasteiger partial charge >= 0.3 is 0 Å². The summed E-state index contributed by atoms with van der Waals surface area (Å²) in [6, 6.07) is 4.83. The van der Waals surface area contributed by atoms with Gasteiger partial charge in [0.05, 0.1) is 13.8 Å². The summed E-state index contributed by atoms with van der Waals surface area (Å²) in [6.45, 7) is 3.10. The van der Waals surface area contributed by atoms with E-state index in [1.165, 1.54) is 13.2 Å². The summed E-state index contributed by atoms with van der Waals surface area (Å²) in [5.74, 6) is -0.165. The van der Waals surface area contributed by atoms with Gasteiger partial charge in [0.2, 0.25) is 0 Å². The van der Waals surface area contributed by atoms with Gasteiger partial charge in [-0.3, -0.25) is 9.29 Å². The molecule has 0 amide bonds. The lowest BCUT2D eigenvalue weighted by atomic mass is 10.0. The zero-order valence-electron chi connectivity index (χ0n) is 11.6. The molecule has 1 aliphatic rings. The number of hydrogen-bond donors (Lipinski definition) is 1. The average Bonchev–Trinajstić information content (AvgIpc) is 2.45. The van der Waals surface area contributed by atoms with E-state index in [0.717, 1.165) is 31.7 Å². The van der Waals surface area contributed by atoms with Crippen LogP contribution < -0.4 is 10.1 Å². The van der Waals surface area contributed by atoms with Crippen LogP contribution in [-0.4, -0.2) is 44.9 Å². The Morgan fingerprint density at radius 3 is 2.60 bits per heavy atom. The molecule has 0 radical (unpaired) electrons. The van der Waals surface area contributed by atoms with Gasteiger partial charge in [0.15, 0.2) is 11.6 Å². The fourth-order valence-electron chi connectivity index (χ4n) is 2.55. The fourth-order valence-corrected chi connectivity index (χ4v) is 2.55. The van der Waals surface area contributed by atoms with Crippen LogP contribution in [-0.2, 0) is 0 Å². The predicted molar refractivity (Wildman–Crippen MR) is 78.0 cm³/mol. The van der Waals surface area contributed by atoms with Crippen molar-refractivity contribution in [1.29, 1.82) is 0 Å². The maximum Gasteiger partial charge on any atom is 0.165 e. The molecule has 1 heterocycles. The van der Waals surface area contributed by atoms with E-state index < -0.39 is 6.67 Å². The van der Waals surface area contributed by atoms with Crippen LogP contribution in [0.4, 0.5) is 8.78 Å². The van der Waals surface area contributed by atoms with Gasteiger partial charge in [-0.05, 0) is 24.1 Å². The number of rotatable bonds is 5. The monoisotopic (exact) mass is 306 g/mol. The number of ether oxygens (including phenoxy) is 1. The molecule has 0 aliphatic carbocycles. The zero-order valence-corrected chi connectivity index (χ0v) is 12.4. The minimum Gasteiger partial charge on any atom is -0.494 e. The van der Waals surface area contributed by atoms with Crippen molar-refractivity contribution < 1.29 is 13.5 Å². The summed E-state index contributed by atoms with van der Waals surface area (Å²) in [6.07, 6.45) is 0.395. The summed E-state index contributed by atoms with van der Waals surface area (Å²) in [7, 11) is 1.44. The normalized spacial score (nSPS) is 17.4. The quantitative estimate of drug-likeness (QED) is 0.905. The molecule has 0 aromatic heterocycles. The highest BCUT2D eigenvalue weighted by Gasteiger charge is 2.22. The van der Waals surface area contributed by atoms with E-state index in [4.69, 9.17) is 4.74 Å². The lowest BCUT2D eigenvalue weighted by molar-refractivity contribution is 0.157. The van der Waals surface area contributed by atoms with Crippen LogP contribution >= 0.6 is 12.4 Å². The maximum atomic E-state index is 13.8. The van der Waals surface area contributed by atoms with Crippen molar-refractivity contribution in [3.63, 3.8) is 0 Å². The molecule has 6 heteroatoms. The van der Waals surface area contributed by atoms with E-state index in [-0.39, 0.29) is 30.0 Å². The Morgan fingerprint density at radius 2 is 2.05 bits per heavy atom. The first-order chi connectivity index (χ1) is 9.26. The predicted octanol–water partition coefficient (Wildman–Crippen LogP) is 2.56. The van der Waals surface area contributed by atoms with Gasteiger partial charge in [0, 0.05) is 32.2 Å². The molecule has 0 bridgehead atoms. The Hall–Kier alpha value is -0.910. The van der Waals surface area contributed by atoms with Crippen LogP contribution in [0.2, 0.25) is 0 Å². The average molecular weight is 307 g/mol. The second-order valence-corrected chi connectivity index (χ2v) is 4.67. The van der Waals surface area contributed by atoms with Crippen molar-refractivity contribution in [2.75, 3.05) is 40.0 Å². The second kappa shape index (κ2) is 8.39. The molecule has 0 spiro atoms. The van der Waals surface area contributed by atoms with Gasteiger partial charge in [0.25, 0.3) is 0 Å². The largest absolute Gasteiger partial charge is 0.494 e. The zero-order chi connectivity index (χ0) is 13.7. The number of nitrogens with zero attached hydrogens (tertiary/aromatic N) is 1. The standard InChI is InChI=1S/C14H20F2N2O.ClH/c1-19-14-3-2-11(10-12(14)16)13(4-5-15)18-8-6-17-7-9-18;/h2-3,10,13,17H,4-9H2,1H3;1H/t13-;/m0./s1. The molecule has 1 aromatic rings. The first-order valence-electron chi connectivity index (χ1n) is 6.60. The highest BCUT2D eigenvalue weighted by atomic mass is 35.5. The van der Waals surface area contributed by atoms with Gasteiger partial charge in [0.1, 0.15) is 0 Å². The molecule has 114 valence electrons. The second-order valence-electron chi connectivity index (χ2n) is 4.67. The van der Waals surface area contributed by atoms with Crippen molar-refractivity contribution in [2.24, 2.45) is 0 Å². The third kappa shape index (κ3) is 4.04. The topological polar surface area (TPSA) is 24.5 Å². The van der Waals surface area contributed by atoms with Crippen molar-refractivity contribution in [3.05, 3.63) is 29.6 Å². The van der Waals surface area contributed by atoms with Crippen LogP contribution in [0.15, 0.2) is 18.2 Å². The fraction of sp³-hybridized carbons (Fsp3) is 0.571. The molecule has 1 fully saturated rings. The summed E-state index contributed by atoms with van der Waals surface area (Å²) in [5.41, 5.74) is 0.817. The molecule has 0 unspecified atom stereocenters. The highest BCUT2D eigenvalue weighted by Crippen LogP contribution is 2.28. The first kappa shape index (κ1) is 17.1. The van der Waals surface area contributed by atoms with Crippen LogP contribution in [0.5, 0.6) is 5.75 Å². The molecular weight excluding hydrogens is 286 g/mol. The minimum absolute atomic E-state index is 0. The highest BCUT2D eigenvalue weighted by molar-refractivity contribution is 5.85. The van der Waals surface area contributed by atoms with E-state index in [1.54, 1.807) is 6.07 Å². The SMILES string of the molecule is COc1ccc([C@H](CCF)N2CCNCC2)cc1F.Cl. The van der Waals surface area contributed by atoms with Crippen molar-refractivity contribution in [3.8, 4) is 5.75 Å². The molecule has 1 N–H and O–H groups in total. The number of halogens is 3. The van der Waals surface area contributed by atoms with E-state index >= 15 is 0 Å². The molecule has 1 aliphatic heterocycles. The van der Waals surface area contributed by atoms with Crippen LogP contribution in [0, 0.1) is 5.82 Å². The minimum atomic E-state index is -0.401. The molecule has 1 atom stereocenters. The number of hydrogen-bond acceptors (Lipinski definition) is 3. The van der Waals surface area contributed by atoms with Crippen LogP contribution in [0.1, 0.15) is 18.0 Å². The van der Waals surface area contributed by atoms with E-state index in [2.05, 4.69) is 10.2 Å². The number of piperazine rings is 1. The summed E-state index contributed by atoms with van der Waals surface area (Å²) >= 11 is 0.